The molecule has 0 unspecified atom stereocenters. The van der Waals surface area contributed by atoms with Gasteiger partial charge in [0.15, 0.2) is 6.29 Å². The quantitative estimate of drug-likeness (QED) is 0.662. The van der Waals surface area contributed by atoms with Crippen LogP contribution in [-0.2, 0) is 7.05 Å². The van der Waals surface area contributed by atoms with Crippen molar-refractivity contribution >= 4 is 17.2 Å². The van der Waals surface area contributed by atoms with E-state index >= 15 is 0 Å². The predicted molar refractivity (Wildman–Crippen MR) is 70.1 cm³/mol. The molecule has 0 aliphatic carbocycles. The monoisotopic (exact) mass is 257 g/mol. The molecule has 19 heavy (non-hydrogen) atoms. The third kappa shape index (κ3) is 1.66. The molecule has 3 rings (SSSR count). The van der Waals surface area contributed by atoms with Gasteiger partial charge in [-0.25, -0.2) is 4.39 Å². The number of carbonyl (C=O) groups is 1. The van der Waals surface area contributed by atoms with Crippen LogP contribution in [0, 0.1) is 12.7 Å². The van der Waals surface area contributed by atoms with Gasteiger partial charge >= 0.3 is 0 Å². The average Bonchev–Trinajstić information content (AvgIpc) is 2.89. The van der Waals surface area contributed by atoms with Gasteiger partial charge in [0.2, 0.25) is 0 Å². The summed E-state index contributed by atoms with van der Waals surface area (Å²) in [6.45, 7) is 1.78. The van der Waals surface area contributed by atoms with Crippen molar-refractivity contribution in [2.45, 2.75) is 6.92 Å². The minimum absolute atomic E-state index is 0.306. The molecule has 2 heterocycles. The Morgan fingerprint density at radius 1 is 1.32 bits per heavy atom. The Morgan fingerprint density at radius 3 is 2.84 bits per heavy atom. The van der Waals surface area contributed by atoms with Gasteiger partial charge in [-0.2, -0.15) is 5.10 Å². The Bertz CT molecular complexity index is 785. The second kappa shape index (κ2) is 4.05. The Kier molecular flexibility index (Phi) is 2.48. The van der Waals surface area contributed by atoms with Crippen molar-refractivity contribution in [1.29, 1.82) is 0 Å². The third-order valence-corrected chi connectivity index (χ3v) is 3.24. The molecular formula is C14H12FN3O. The smallest absolute Gasteiger partial charge is 0.155 e. The van der Waals surface area contributed by atoms with E-state index in [1.165, 1.54) is 12.1 Å². The second-order valence-corrected chi connectivity index (χ2v) is 4.45. The molecular weight excluding hydrogens is 245 g/mol. The lowest BCUT2D eigenvalue weighted by molar-refractivity contribution is 0.112. The Labute approximate surface area is 109 Å². The molecule has 0 spiro atoms. The molecule has 4 nitrogen and oxygen atoms in total. The Balaban J connectivity index is 2.36. The molecule has 96 valence electrons. The molecule has 0 radical (unpaired) electrons. The minimum Gasteiger partial charge on any atom is -0.301 e. The van der Waals surface area contributed by atoms with Gasteiger partial charge in [0.1, 0.15) is 11.6 Å². The number of aryl methyl sites for hydroxylation is 2. The number of fused-ring (bicyclic) bond motifs is 1. The van der Waals surface area contributed by atoms with Gasteiger partial charge in [0.25, 0.3) is 0 Å². The fourth-order valence-electron chi connectivity index (χ4n) is 2.37. The van der Waals surface area contributed by atoms with Crippen LogP contribution in [0.5, 0.6) is 0 Å². The zero-order chi connectivity index (χ0) is 13.6. The number of aldehydes is 1. The van der Waals surface area contributed by atoms with Crippen LogP contribution in [0.25, 0.3) is 16.7 Å². The highest BCUT2D eigenvalue weighted by atomic mass is 19.1. The summed E-state index contributed by atoms with van der Waals surface area (Å²) in [6, 6.07) is 6.46. The summed E-state index contributed by atoms with van der Waals surface area (Å²) in [7, 11) is 1.76. The van der Waals surface area contributed by atoms with E-state index in [0.717, 1.165) is 11.7 Å². The Morgan fingerprint density at radius 2 is 2.11 bits per heavy atom. The zero-order valence-electron chi connectivity index (χ0n) is 10.6. The lowest BCUT2D eigenvalue weighted by Gasteiger charge is -2.07. The number of nitrogens with zero attached hydrogens (tertiary/aromatic N) is 3. The van der Waals surface area contributed by atoms with Crippen LogP contribution >= 0.6 is 0 Å². The molecule has 2 aromatic heterocycles. The molecule has 3 aromatic rings. The van der Waals surface area contributed by atoms with Gasteiger partial charge in [-0.15, -0.1) is 0 Å². The largest absolute Gasteiger partial charge is 0.301 e. The van der Waals surface area contributed by atoms with Crippen molar-refractivity contribution in [3.63, 3.8) is 0 Å². The van der Waals surface area contributed by atoms with E-state index in [9.17, 15) is 9.18 Å². The molecule has 0 amide bonds. The lowest BCUT2D eigenvalue weighted by atomic mass is 10.2. The van der Waals surface area contributed by atoms with Gasteiger partial charge in [-0.1, -0.05) is 0 Å². The SMILES string of the molecule is Cc1nn(C)c(-n2ccc3ccc(F)cc32)c1C=O. The lowest BCUT2D eigenvalue weighted by Crippen LogP contribution is -2.04. The summed E-state index contributed by atoms with van der Waals surface area (Å²) < 4.78 is 16.8. The summed E-state index contributed by atoms with van der Waals surface area (Å²) in [6.07, 6.45) is 2.59. The summed E-state index contributed by atoms with van der Waals surface area (Å²) >= 11 is 0. The highest BCUT2D eigenvalue weighted by Gasteiger charge is 2.16. The highest BCUT2D eigenvalue weighted by molar-refractivity contribution is 5.86. The topological polar surface area (TPSA) is 39.8 Å². The normalized spacial score (nSPS) is 11.1. The first-order valence-electron chi connectivity index (χ1n) is 5.87. The summed E-state index contributed by atoms with van der Waals surface area (Å²) in [4.78, 5) is 11.2. The number of halogens is 1. The van der Waals surface area contributed by atoms with Gasteiger partial charge in [0.05, 0.1) is 16.8 Å². The van der Waals surface area contributed by atoms with E-state index < -0.39 is 0 Å². The predicted octanol–water partition coefficient (Wildman–Crippen LogP) is 2.62. The molecule has 0 atom stereocenters. The van der Waals surface area contributed by atoms with E-state index in [1.807, 2.05) is 12.3 Å². The molecule has 0 saturated heterocycles. The van der Waals surface area contributed by atoms with E-state index in [2.05, 4.69) is 5.10 Å². The number of carbonyl (C=O) groups excluding carboxylic acids is 1. The maximum atomic E-state index is 13.4. The molecule has 0 saturated carbocycles. The fourth-order valence-corrected chi connectivity index (χ4v) is 2.37. The van der Waals surface area contributed by atoms with Crippen LogP contribution in [0.15, 0.2) is 30.5 Å². The molecule has 0 bridgehead atoms. The summed E-state index contributed by atoms with van der Waals surface area (Å²) in [5.41, 5.74) is 1.89. The number of rotatable bonds is 2. The minimum atomic E-state index is -0.306. The number of benzene rings is 1. The second-order valence-electron chi connectivity index (χ2n) is 4.45. The number of hydrogen-bond donors (Lipinski definition) is 0. The fraction of sp³-hybridized carbons (Fsp3) is 0.143. The molecule has 1 aromatic carbocycles. The third-order valence-electron chi connectivity index (χ3n) is 3.24. The van der Waals surface area contributed by atoms with E-state index in [-0.39, 0.29) is 5.82 Å². The van der Waals surface area contributed by atoms with Crippen LogP contribution in [0.1, 0.15) is 16.1 Å². The Hall–Kier alpha value is -2.43. The highest BCUT2D eigenvalue weighted by Crippen LogP contribution is 2.24. The van der Waals surface area contributed by atoms with Gasteiger partial charge < -0.3 is 4.57 Å². The first-order chi connectivity index (χ1) is 9.11. The molecule has 0 fully saturated rings. The number of aromatic nitrogens is 3. The van der Waals surface area contributed by atoms with Crippen LogP contribution in [-0.4, -0.2) is 20.6 Å². The van der Waals surface area contributed by atoms with Crippen molar-refractivity contribution in [2.75, 3.05) is 0 Å². The van der Waals surface area contributed by atoms with E-state index in [1.54, 1.807) is 29.3 Å². The maximum Gasteiger partial charge on any atom is 0.155 e. The molecule has 0 N–H and O–H groups in total. The zero-order valence-corrected chi connectivity index (χ0v) is 10.6. The first-order valence-corrected chi connectivity index (χ1v) is 5.87. The maximum absolute atomic E-state index is 13.4. The van der Waals surface area contributed by atoms with Gasteiger partial charge in [-0.05, 0) is 31.2 Å². The van der Waals surface area contributed by atoms with E-state index in [0.29, 0.717) is 22.6 Å². The van der Waals surface area contributed by atoms with E-state index in [4.69, 9.17) is 0 Å². The van der Waals surface area contributed by atoms with Crippen LogP contribution < -0.4 is 0 Å². The average molecular weight is 257 g/mol. The summed E-state index contributed by atoms with van der Waals surface area (Å²) in [5, 5.41) is 5.15. The van der Waals surface area contributed by atoms with Crippen LogP contribution in [0.2, 0.25) is 0 Å². The number of hydrogen-bond acceptors (Lipinski definition) is 2. The van der Waals surface area contributed by atoms with Crippen LogP contribution in [0.4, 0.5) is 4.39 Å². The first kappa shape index (κ1) is 11.6. The standard InChI is InChI=1S/C14H12FN3O/c1-9-12(8-19)14(17(2)16-9)18-6-5-10-3-4-11(15)7-13(10)18/h3-8H,1-2H3. The molecule has 0 aliphatic rings. The van der Waals surface area contributed by atoms with Gasteiger partial charge in [-0.3, -0.25) is 9.48 Å². The van der Waals surface area contributed by atoms with Crippen molar-refractivity contribution in [1.82, 2.24) is 14.3 Å². The van der Waals surface area contributed by atoms with Crippen molar-refractivity contribution in [3.05, 3.63) is 47.5 Å². The van der Waals surface area contributed by atoms with Crippen molar-refractivity contribution < 1.29 is 9.18 Å². The molecule has 0 aliphatic heterocycles. The van der Waals surface area contributed by atoms with Crippen LogP contribution in [0.3, 0.4) is 0 Å². The molecule has 5 heteroatoms. The van der Waals surface area contributed by atoms with Crippen molar-refractivity contribution in [3.8, 4) is 5.82 Å². The summed E-state index contributed by atoms with van der Waals surface area (Å²) in [5.74, 6) is 0.340. The van der Waals surface area contributed by atoms with Gasteiger partial charge in [0, 0.05) is 18.6 Å². The van der Waals surface area contributed by atoms with Crippen molar-refractivity contribution in [2.24, 2.45) is 7.05 Å².